The fourth-order valence-corrected chi connectivity index (χ4v) is 2.40. The van der Waals surface area contributed by atoms with Crippen LogP contribution in [-0.2, 0) is 4.79 Å². The molecule has 0 aliphatic rings. The molecule has 0 aromatic heterocycles. The average molecular weight is 307 g/mol. The lowest BCUT2D eigenvalue weighted by molar-refractivity contribution is -0.385. The molecule has 0 atom stereocenters. The van der Waals surface area contributed by atoms with Crippen molar-refractivity contribution >= 4 is 17.3 Å². The smallest absolute Gasteiger partial charge is 0.274 e. The van der Waals surface area contributed by atoms with Crippen molar-refractivity contribution in [3.8, 4) is 0 Å². The molecule has 0 saturated carbocycles. The largest absolute Gasteiger partial charge is 0.326 e. The molecule has 1 rings (SSSR count). The van der Waals surface area contributed by atoms with Gasteiger partial charge in [-0.2, -0.15) is 0 Å². The predicted octanol–water partition coefficient (Wildman–Crippen LogP) is 3.35. The maximum atomic E-state index is 12.1. The van der Waals surface area contributed by atoms with Crippen molar-refractivity contribution in [3.05, 3.63) is 33.9 Å². The van der Waals surface area contributed by atoms with Crippen LogP contribution in [0.4, 0.5) is 11.4 Å². The minimum Gasteiger partial charge on any atom is -0.326 e. The molecule has 122 valence electrons. The van der Waals surface area contributed by atoms with Crippen molar-refractivity contribution in [1.29, 1.82) is 0 Å². The summed E-state index contributed by atoms with van der Waals surface area (Å²) < 4.78 is 0. The third-order valence-electron chi connectivity index (χ3n) is 3.51. The number of nitrogens with one attached hydrogen (secondary N) is 1. The van der Waals surface area contributed by atoms with Gasteiger partial charge in [0.2, 0.25) is 5.91 Å². The number of hydrogen-bond acceptors (Lipinski definition) is 4. The van der Waals surface area contributed by atoms with Crippen LogP contribution in [0, 0.1) is 17.0 Å². The van der Waals surface area contributed by atoms with Gasteiger partial charge in [0.05, 0.1) is 16.2 Å². The molecule has 0 spiro atoms. The SMILES string of the molecule is CCCN(CCC)CCC(=O)Nc1cccc([N+](=O)[O-])c1C. The van der Waals surface area contributed by atoms with Crippen LogP contribution in [0.1, 0.15) is 38.7 Å². The molecule has 0 heterocycles. The van der Waals surface area contributed by atoms with E-state index in [0.717, 1.165) is 25.9 Å². The van der Waals surface area contributed by atoms with Gasteiger partial charge in [0.25, 0.3) is 5.69 Å². The molecular formula is C16H25N3O3. The van der Waals surface area contributed by atoms with Crippen LogP contribution in [0.3, 0.4) is 0 Å². The Balaban J connectivity index is 2.62. The lowest BCUT2D eigenvalue weighted by Gasteiger charge is -2.20. The van der Waals surface area contributed by atoms with Gasteiger partial charge in [-0.15, -0.1) is 0 Å². The maximum absolute atomic E-state index is 12.1. The highest BCUT2D eigenvalue weighted by atomic mass is 16.6. The Morgan fingerprint density at radius 2 is 1.86 bits per heavy atom. The van der Waals surface area contributed by atoms with Gasteiger partial charge in [-0.1, -0.05) is 19.9 Å². The number of nitro groups is 1. The van der Waals surface area contributed by atoms with E-state index in [2.05, 4.69) is 24.1 Å². The summed E-state index contributed by atoms with van der Waals surface area (Å²) in [6.45, 7) is 8.56. The fourth-order valence-electron chi connectivity index (χ4n) is 2.40. The van der Waals surface area contributed by atoms with Crippen molar-refractivity contribution in [3.63, 3.8) is 0 Å². The molecule has 1 amide bonds. The molecule has 0 saturated heterocycles. The van der Waals surface area contributed by atoms with Crippen LogP contribution in [0.2, 0.25) is 0 Å². The first-order valence-electron chi connectivity index (χ1n) is 7.75. The third kappa shape index (κ3) is 5.44. The first-order chi connectivity index (χ1) is 10.5. The van der Waals surface area contributed by atoms with Gasteiger partial charge >= 0.3 is 0 Å². The molecule has 22 heavy (non-hydrogen) atoms. The fraction of sp³-hybridized carbons (Fsp3) is 0.562. The Labute approximate surface area is 131 Å². The monoisotopic (exact) mass is 307 g/mol. The van der Waals surface area contributed by atoms with E-state index in [1.807, 2.05) is 0 Å². The summed E-state index contributed by atoms with van der Waals surface area (Å²) in [7, 11) is 0. The molecule has 0 bridgehead atoms. The third-order valence-corrected chi connectivity index (χ3v) is 3.51. The minimum atomic E-state index is -0.435. The van der Waals surface area contributed by atoms with Crippen molar-refractivity contribution < 1.29 is 9.72 Å². The number of nitro benzene ring substituents is 1. The Kier molecular flexibility index (Phi) is 7.52. The summed E-state index contributed by atoms with van der Waals surface area (Å²) in [6, 6.07) is 4.71. The molecule has 0 fully saturated rings. The molecule has 0 unspecified atom stereocenters. The standard InChI is InChI=1S/C16H25N3O3/c1-4-10-18(11-5-2)12-9-16(20)17-14-7-6-8-15(13(14)3)19(21)22/h6-8H,4-5,9-12H2,1-3H3,(H,17,20). The summed E-state index contributed by atoms with van der Waals surface area (Å²) >= 11 is 0. The van der Waals surface area contributed by atoms with E-state index in [4.69, 9.17) is 0 Å². The van der Waals surface area contributed by atoms with Crippen molar-refractivity contribution in [2.75, 3.05) is 25.0 Å². The number of carbonyl (C=O) groups excluding carboxylic acids is 1. The summed E-state index contributed by atoms with van der Waals surface area (Å²) in [5.74, 6) is -0.110. The molecule has 6 nitrogen and oxygen atoms in total. The normalized spacial score (nSPS) is 10.7. The topological polar surface area (TPSA) is 75.5 Å². The van der Waals surface area contributed by atoms with Gasteiger partial charge in [-0.05, 0) is 38.9 Å². The van der Waals surface area contributed by atoms with Crippen LogP contribution in [0.25, 0.3) is 0 Å². The molecule has 1 N–H and O–H groups in total. The van der Waals surface area contributed by atoms with Crippen LogP contribution in [-0.4, -0.2) is 35.4 Å². The number of rotatable bonds is 9. The van der Waals surface area contributed by atoms with Crippen LogP contribution < -0.4 is 5.32 Å². The van der Waals surface area contributed by atoms with E-state index in [-0.39, 0.29) is 11.6 Å². The van der Waals surface area contributed by atoms with Crippen molar-refractivity contribution in [1.82, 2.24) is 4.90 Å². The summed E-state index contributed by atoms with van der Waals surface area (Å²) in [4.78, 5) is 24.8. The second-order valence-electron chi connectivity index (χ2n) is 5.35. The summed E-state index contributed by atoms with van der Waals surface area (Å²) in [6.07, 6.45) is 2.51. The number of nitrogens with zero attached hydrogens (tertiary/aromatic N) is 2. The Morgan fingerprint density at radius 3 is 2.41 bits per heavy atom. The molecule has 1 aromatic carbocycles. The van der Waals surface area contributed by atoms with Gasteiger partial charge in [-0.3, -0.25) is 14.9 Å². The molecule has 0 aliphatic carbocycles. The van der Waals surface area contributed by atoms with E-state index in [1.54, 1.807) is 19.1 Å². The number of hydrogen-bond donors (Lipinski definition) is 1. The van der Waals surface area contributed by atoms with E-state index in [1.165, 1.54) is 6.07 Å². The molecular weight excluding hydrogens is 282 g/mol. The zero-order chi connectivity index (χ0) is 16.5. The minimum absolute atomic E-state index is 0.0244. The zero-order valence-electron chi connectivity index (χ0n) is 13.6. The van der Waals surface area contributed by atoms with Crippen LogP contribution in [0.15, 0.2) is 18.2 Å². The molecule has 6 heteroatoms. The Hall–Kier alpha value is -1.95. The van der Waals surface area contributed by atoms with Crippen LogP contribution >= 0.6 is 0 Å². The first kappa shape index (κ1) is 18.1. The number of anilines is 1. The van der Waals surface area contributed by atoms with E-state index in [0.29, 0.717) is 24.2 Å². The quantitative estimate of drug-likeness (QED) is 0.560. The highest BCUT2D eigenvalue weighted by molar-refractivity contribution is 5.92. The predicted molar refractivity (Wildman–Crippen MR) is 88.1 cm³/mol. The van der Waals surface area contributed by atoms with E-state index in [9.17, 15) is 14.9 Å². The molecule has 0 radical (unpaired) electrons. The zero-order valence-corrected chi connectivity index (χ0v) is 13.6. The lowest BCUT2D eigenvalue weighted by atomic mass is 10.1. The van der Waals surface area contributed by atoms with Gasteiger partial charge in [0.15, 0.2) is 0 Å². The van der Waals surface area contributed by atoms with E-state index >= 15 is 0 Å². The Bertz CT molecular complexity index is 511. The summed E-state index contributed by atoms with van der Waals surface area (Å²) in [5, 5.41) is 13.7. The van der Waals surface area contributed by atoms with Crippen molar-refractivity contribution in [2.24, 2.45) is 0 Å². The Morgan fingerprint density at radius 1 is 1.23 bits per heavy atom. The summed E-state index contributed by atoms with van der Waals surface area (Å²) in [5.41, 5.74) is 1.02. The van der Waals surface area contributed by atoms with Gasteiger partial charge < -0.3 is 10.2 Å². The van der Waals surface area contributed by atoms with Gasteiger partial charge in [0, 0.05) is 19.0 Å². The second-order valence-corrected chi connectivity index (χ2v) is 5.35. The molecule has 1 aromatic rings. The molecule has 0 aliphatic heterocycles. The number of carbonyl (C=O) groups is 1. The van der Waals surface area contributed by atoms with Crippen molar-refractivity contribution in [2.45, 2.75) is 40.0 Å². The highest BCUT2D eigenvalue weighted by Crippen LogP contribution is 2.25. The average Bonchev–Trinajstić information content (AvgIpc) is 2.47. The van der Waals surface area contributed by atoms with Gasteiger partial charge in [0.1, 0.15) is 0 Å². The first-order valence-corrected chi connectivity index (χ1v) is 7.75. The number of benzene rings is 1. The van der Waals surface area contributed by atoms with E-state index < -0.39 is 4.92 Å². The second kappa shape index (κ2) is 9.15. The maximum Gasteiger partial charge on any atom is 0.274 e. The lowest BCUT2D eigenvalue weighted by Crippen LogP contribution is -2.29. The number of amides is 1. The highest BCUT2D eigenvalue weighted by Gasteiger charge is 2.15. The van der Waals surface area contributed by atoms with Crippen LogP contribution in [0.5, 0.6) is 0 Å². The van der Waals surface area contributed by atoms with Gasteiger partial charge in [-0.25, -0.2) is 0 Å².